The van der Waals surface area contributed by atoms with Gasteiger partial charge in [0.25, 0.3) is 5.69 Å². The number of nitro groups is 1. The number of non-ortho nitro benzene ring substituents is 1. The van der Waals surface area contributed by atoms with Gasteiger partial charge in [0.15, 0.2) is 0 Å². The van der Waals surface area contributed by atoms with Crippen molar-refractivity contribution in [3.8, 4) is 0 Å². The summed E-state index contributed by atoms with van der Waals surface area (Å²) in [5, 5.41) is 10.9. The number of hydrogen-bond donors (Lipinski definition) is 1. The first-order chi connectivity index (χ1) is 11.4. The van der Waals surface area contributed by atoms with E-state index in [4.69, 9.17) is 0 Å². The molecule has 1 aliphatic heterocycles. The second kappa shape index (κ2) is 6.21. The molecule has 7 nitrogen and oxygen atoms in total. The summed E-state index contributed by atoms with van der Waals surface area (Å²) < 4.78 is 27.9. The van der Waals surface area contributed by atoms with Crippen molar-refractivity contribution >= 4 is 21.4 Å². The molecule has 0 radical (unpaired) electrons. The van der Waals surface area contributed by atoms with Crippen molar-refractivity contribution in [3.05, 3.63) is 64.2 Å². The third kappa shape index (κ3) is 3.10. The predicted molar refractivity (Wildman–Crippen MR) is 90.5 cm³/mol. The zero-order valence-electron chi connectivity index (χ0n) is 13.0. The van der Waals surface area contributed by atoms with Gasteiger partial charge < -0.3 is 4.90 Å². The number of sulfonamides is 1. The molecule has 0 fully saturated rings. The molecule has 2 aromatic rings. The van der Waals surface area contributed by atoms with E-state index in [1.54, 1.807) is 0 Å². The molecule has 0 bridgehead atoms. The molecule has 0 spiro atoms. The van der Waals surface area contributed by atoms with Crippen molar-refractivity contribution in [2.45, 2.75) is 17.4 Å². The zero-order valence-corrected chi connectivity index (χ0v) is 13.9. The maximum absolute atomic E-state index is 12.6. The highest BCUT2D eigenvalue weighted by molar-refractivity contribution is 7.89. The molecule has 8 heteroatoms. The number of para-hydroxylation sites is 1. The summed E-state index contributed by atoms with van der Waals surface area (Å²) >= 11 is 0. The summed E-state index contributed by atoms with van der Waals surface area (Å²) in [6, 6.07) is 12.3. The predicted octanol–water partition coefficient (Wildman–Crippen LogP) is 2.45. The van der Waals surface area contributed by atoms with E-state index in [-0.39, 0.29) is 16.6 Å². The zero-order chi connectivity index (χ0) is 17.3. The van der Waals surface area contributed by atoms with Crippen LogP contribution in [0.3, 0.4) is 0 Å². The summed E-state index contributed by atoms with van der Waals surface area (Å²) in [5.74, 6) is 0. The monoisotopic (exact) mass is 347 g/mol. The number of nitrogens with one attached hydrogen (secondary N) is 1. The number of nitro benzene ring substituents is 1. The minimum absolute atomic E-state index is 0.104. The molecule has 0 saturated carbocycles. The van der Waals surface area contributed by atoms with Crippen LogP contribution in [-0.2, 0) is 10.0 Å². The fourth-order valence-corrected chi connectivity index (χ4v) is 4.16. The van der Waals surface area contributed by atoms with Gasteiger partial charge in [-0.25, -0.2) is 13.1 Å². The van der Waals surface area contributed by atoms with Crippen molar-refractivity contribution in [1.82, 2.24) is 4.72 Å². The van der Waals surface area contributed by atoms with E-state index < -0.39 is 14.9 Å². The normalized spacial score (nSPS) is 17.4. The third-order valence-electron chi connectivity index (χ3n) is 4.11. The Morgan fingerprint density at radius 2 is 1.96 bits per heavy atom. The molecule has 1 aliphatic rings. The fourth-order valence-electron chi connectivity index (χ4n) is 2.87. The highest BCUT2D eigenvalue weighted by Gasteiger charge is 2.28. The van der Waals surface area contributed by atoms with E-state index in [2.05, 4.69) is 9.62 Å². The van der Waals surface area contributed by atoms with Crippen LogP contribution >= 0.6 is 0 Å². The smallest absolute Gasteiger partial charge is 0.270 e. The Labute approximate surface area is 140 Å². The Morgan fingerprint density at radius 1 is 1.21 bits per heavy atom. The molecule has 1 N–H and O–H groups in total. The Balaban J connectivity index is 1.92. The van der Waals surface area contributed by atoms with Crippen LogP contribution in [0.15, 0.2) is 53.4 Å². The number of nitrogens with zero attached hydrogens (tertiary/aromatic N) is 2. The minimum Gasteiger partial charge on any atom is -0.374 e. The molecule has 1 heterocycles. The Hall–Kier alpha value is -2.45. The van der Waals surface area contributed by atoms with Gasteiger partial charge in [0.05, 0.1) is 15.9 Å². The fraction of sp³-hybridized carbons (Fsp3) is 0.250. The van der Waals surface area contributed by atoms with Gasteiger partial charge in [-0.2, -0.15) is 0 Å². The van der Waals surface area contributed by atoms with Crippen LogP contribution in [0.4, 0.5) is 11.4 Å². The van der Waals surface area contributed by atoms with E-state index in [9.17, 15) is 18.5 Å². The number of anilines is 1. The minimum atomic E-state index is -3.85. The van der Waals surface area contributed by atoms with Crippen LogP contribution in [0.1, 0.15) is 18.0 Å². The van der Waals surface area contributed by atoms with Gasteiger partial charge in [-0.05, 0) is 24.1 Å². The van der Waals surface area contributed by atoms with Crippen molar-refractivity contribution in [2.75, 3.05) is 18.5 Å². The molecular weight excluding hydrogens is 330 g/mol. The Morgan fingerprint density at radius 3 is 2.71 bits per heavy atom. The largest absolute Gasteiger partial charge is 0.374 e. The second-order valence-corrected chi connectivity index (χ2v) is 7.41. The second-order valence-electron chi connectivity index (χ2n) is 5.70. The number of rotatable bonds is 4. The van der Waals surface area contributed by atoms with E-state index >= 15 is 0 Å². The molecular formula is C16H17N3O4S. The molecule has 1 unspecified atom stereocenters. The highest BCUT2D eigenvalue weighted by atomic mass is 32.2. The summed E-state index contributed by atoms with van der Waals surface area (Å²) in [7, 11) is -1.89. The lowest BCUT2D eigenvalue weighted by Crippen LogP contribution is -2.36. The topological polar surface area (TPSA) is 92.6 Å². The summed E-state index contributed by atoms with van der Waals surface area (Å²) in [6.07, 6.45) is 0.627. The van der Waals surface area contributed by atoms with Gasteiger partial charge >= 0.3 is 0 Å². The Bertz CT molecular complexity index is 882. The quantitative estimate of drug-likeness (QED) is 0.677. The molecule has 0 aromatic heterocycles. The summed E-state index contributed by atoms with van der Waals surface area (Å²) in [4.78, 5) is 12.2. The maximum atomic E-state index is 12.6. The molecule has 0 amide bonds. The maximum Gasteiger partial charge on any atom is 0.270 e. The lowest BCUT2D eigenvalue weighted by molar-refractivity contribution is -0.385. The number of hydrogen-bond acceptors (Lipinski definition) is 5. The van der Waals surface area contributed by atoms with Gasteiger partial charge in [-0.15, -0.1) is 0 Å². The lowest BCUT2D eigenvalue weighted by Gasteiger charge is -2.33. The average Bonchev–Trinajstić information content (AvgIpc) is 2.58. The molecule has 126 valence electrons. The average molecular weight is 347 g/mol. The van der Waals surface area contributed by atoms with Crippen molar-refractivity contribution < 1.29 is 13.3 Å². The summed E-state index contributed by atoms with van der Waals surface area (Å²) in [6.45, 7) is 0.721. The first-order valence-electron chi connectivity index (χ1n) is 7.45. The van der Waals surface area contributed by atoms with Crippen LogP contribution in [0.2, 0.25) is 0 Å². The molecule has 0 saturated heterocycles. The van der Waals surface area contributed by atoms with Crippen LogP contribution in [0, 0.1) is 10.1 Å². The number of benzene rings is 2. The Kier molecular flexibility index (Phi) is 4.25. The van der Waals surface area contributed by atoms with E-state index in [0.29, 0.717) is 6.42 Å². The number of fused-ring (bicyclic) bond motifs is 1. The molecule has 0 aliphatic carbocycles. The van der Waals surface area contributed by atoms with Gasteiger partial charge in [-0.1, -0.05) is 24.3 Å². The SMILES string of the molecule is CN1CCC(NS(=O)(=O)c2cccc([N+](=O)[O-])c2)c2ccccc21. The van der Waals surface area contributed by atoms with Gasteiger partial charge in [-0.3, -0.25) is 10.1 Å². The third-order valence-corrected chi connectivity index (χ3v) is 5.58. The van der Waals surface area contributed by atoms with Crippen LogP contribution in [0.25, 0.3) is 0 Å². The van der Waals surface area contributed by atoms with Crippen LogP contribution in [0.5, 0.6) is 0 Å². The van der Waals surface area contributed by atoms with Crippen molar-refractivity contribution in [3.63, 3.8) is 0 Å². The van der Waals surface area contributed by atoms with E-state index in [0.717, 1.165) is 23.9 Å². The first kappa shape index (κ1) is 16.4. The van der Waals surface area contributed by atoms with Crippen LogP contribution < -0.4 is 9.62 Å². The molecule has 24 heavy (non-hydrogen) atoms. The van der Waals surface area contributed by atoms with Gasteiger partial charge in [0.1, 0.15) is 0 Å². The first-order valence-corrected chi connectivity index (χ1v) is 8.93. The molecule has 2 aromatic carbocycles. The van der Waals surface area contributed by atoms with Gasteiger partial charge in [0.2, 0.25) is 10.0 Å². The van der Waals surface area contributed by atoms with E-state index in [1.165, 1.54) is 18.2 Å². The highest BCUT2D eigenvalue weighted by Crippen LogP contribution is 2.33. The van der Waals surface area contributed by atoms with E-state index in [1.807, 2.05) is 31.3 Å². The van der Waals surface area contributed by atoms with Crippen LogP contribution in [-0.4, -0.2) is 26.9 Å². The summed E-state index contributed by atoms with van der Waals surface area (Å²) in [5.41, 5.74) is 1.64. The van der Waals surface area contributed by atoms with Crippen molar-refractivity contribution in [2.24, 2.45) is 0 Å². The molecule has 1 atom stereocenters. The standard InChI is InChI=1S/C16H17N3O4S/c1-18-10-9-15(14-7-2-3-8-16(14)18)17-24(22,23)13-6-4-5-12(11-13)19(20)21/h2-8,11,15,17H,9-10H2,1H3. The lowest BCUT2D eigenvalue weighted by atomic mass is 9.98. The van der Waals surface area contributed by atoms with Gasteiger partial charge in [0, 0.05) is 31.4 Å². The molecule has 3 rings (SSSR count). The van der Waals surface area contributed by atoms with Crippen molar-refractivity contribution in [1.29, 1.82) is 0 Å².